The first kappa shape index (κ1) is 22.6. The van der Waals surface area contributed by atoms with E-state index in [2.05, 4.69) is 27.7 Å². The summed E-state index contributed by atoms with van der Waals surface area (Å²) in [5.74, 6) is 0.866. The molecule has 7 nitrogen and oxygen atoms in total. The smallest absolute Gasteiger partial charge is 0.317 e. The second-order valence-electron chi connectivity index (χ2n) is 7.71. The quantitative estimate of drug-likeness (QED) is 0.606. The topological polar surface area (TPSA) is 73.9 Å². The molecule has 1 aliphatic heterocycles. The van der Waals surface area contributed by atoms with Crippen LogP contribution in [0, 0.1) is 0 Å². The number of urea groups is 1. The lowest BCUT2D eigenvalue weighted by Crippen LogP contribution is -2.53. The van der Waals surface area contributed by atoms with Crippen molar-refractivity contribution in [1.82, 2.24) is 20.4 Å². The number of hydrogen-bond acceptors (Lipinski definition) is 4. The van der Waals surface area contributed by atoms with Crippen LogP contribution in [0.3, 0.4) is 0 Å². The van der Waals surface area contributed by atoms with Crippen molar-refractivity contribution in [1.29, 1.82) is 0 Å². The Morgan fingerprint density at radius 3 is 2.29 bits per heavy atom. The molecule has 0 aromatic heterocycles. The molecule has 31 heavy (non-hydrogen) atoms. The molecule has 1 heterocycles. The Bertz CT molecular complexity index is 818. The standard InChI is InChI=1S/C24H32N4O3/c1-31-22-11-9-20(10-12-22)8-5-13-25-24(30)28-16-14-27(15-17-28)19-23(29)26-18-21-6-3-2-4-7-21/h2-4,6-7,9-12H,5,8,13-19H2,1H3,(H,25,30)(H,26,29). The number of ether oxygens (including phenoxy) is 1. The summed E-state index contributed by atoms with van der Waals surface area (Å²) in [6.45, 7) is 4.23. The van der Waals surface area contributed by atoms with E-state index in [1.165, 1.54) is 5.56 Å². The molecule has 0 spiro atoms. The Morgan fingerprint density at radius 2 is 1.61 bits per heavy atom. The number of methoxy groups -OCH3 is 1. The van der Waals surface area contributed by atoms with Gasteiger partial charge in [-0.25, -0.2) is 4.79 Å². The summed E-state index contributed by atoms with van der Waals surface area (Å²) in [6.07, 6.45) is 1.80. The number of piperazine rings is 1. The predicted molar refractivity (Wildman–Crippen MR) is 121 cm³/mol. The van der Waals surface area contributed by atoms with Crippen molar-refractivity contribution in [3.05, 3.63) is 65.7 Å². The molecule has 166 valence electrons. The van der Waals surface area contributed by atoms with Gasteiger partial charge in [0.25, 0.3) is 0 Å². The molecule has 3 amide bonds. The van der Waals surface area contributed by atoms with Crippen LogP contribution in [0.4, 0.5) is 4.79 Å². The third kappa shape index (κ3) is 7.61. The highest BCUT2D eigenvalue weighted by Gasteiger charge is 2.22. The molecule has 0 atom stereocenters. The average molecular weight is 425 g/mol. The van der Waals surface area contributed by atoms with Gasteiger partial charge in [0.15, 0.2) is 0 Å². The third-order valence-corrected chi connectivity index (χ3v) is 5.44. The summed E-state index contributed by atoms with van der Waals surface area (Å²) in [4.78, 5) is 28.5. The molecule has 3 rings (SSSR count). The van der Waals surface area contributed by atoms with Crippen molar-refractivity contribution < 1.29 is 14.3 Å². The highest BCUT2D eigenvalue weighted by molar-refractivity contribution is 5.78. The Hall–Kier alpha value is -3.06. The number of carbonyl (C=O) groups excluding carboxylic acids is 2. The fourth-order valence-corrected chi connectivity index (χ4v) is 3.56. The highest BCUT2D eigenvalue weighted by atomic mass is 16.5. The Labute approximate surface area is 184 Å². The predicted octanol–water partition coefficient (Wildman–Crippen LogP) is 2.27. The second-order valence-corrected chi connectivity index (χ2v) is 7.71. The van der Waals surface area contributed by atoms with Gasteiger partial charge in [0.05, 0.1) is 13.7 Å². The number of nitrogens with zero attached hydrogens (tertiary/aromatic N) is 2. The summed E-state index contributed by atoms with van der Waals surface area (Å²) in [6, 6.07) is 17.9. The molecule has 1 saturated heterocycles. The monoisotopic (exact) mass is 424 g/mol. The van der Waals surface area contributed by atoms with Crippen molar-refractivity contribution in [3.8, 4) is 5.75 Å². The molecule has 0 saturated carbocycles. The van der Waals surface area contributed by atoms with E-state index in [0.29, 0.717) is 45.8 Å². The van der Waals surface area contributed by atoms with Crippen LogP contribution in [0.1, 0.15) is 17.5 Å². The van der Waals surface area contributed by atoms with Gasteiger partial charge in [-0.3, -0.25) is 9.69 Å². The second kappa shape index (κ2) is 12.0. The van der Waals surface area contributed by atoms with E-state index in [4.69, 9.17) is 4.74 Å². The molecule has 2 N–H and O–H groups in total. The Kier molecular flexibility index (Phi) is 8.72. The minimum absolute atomic E-state index is 0.0142. The van der Waals surface area contributed by atoms with E-state index in [1.54, 1.807) is 7.11 Å². The third-order valence-electron chi connectivity index (χ3n) is 5.44. The molecule has 1 fully saturated rings. The molecular weight excluding hydrogens is 392 g/mol. The van der Waals surface area contributed by atoms with E-state index in [9.17, 15) is 9.59 Å². The van der Waals surface area contributed by atoms with Crippen LogP contribution < -0.4 is 15.4 Å². The first-order valence-corrected chi connectivity index (χ1v) is 10.8. The zero-order valence-corrected chi connectivity index (χ0v) is 18.2. The van der Waals surface area contributed by atoms with E-state index in [0.717, 1.165) is 24.2 Å². The van der Waals surface area contributed by atoms with Crippen LogP contribution in [-0.2, 0) is 17.8 Å². The number of rotatable bonds is 9. The summed E-state index contributed by atoms with van der Waals surface area (Å²) in [7, 11) is 1.66. The molecule has 2 aromatic carbocycles. The van der Waals surface area contributed by atoms with Crippen molar-refractivity contribution in [3.63, 3.8) is 0 Å². The summed E-state index contributed by atoms with van der Waals surface area (Å²) in [5.41, 5.74) is 2.32. The van der Waals surface area contributed by atoms with Crippen LogP contribution in [-0.4, -0.2) is 68.1 Å². The van der Waals surface area contributed by atoms with E-state index in [-0.39, 0.29) is 11.9 Å². The summed E-state index contributed by atoms with van der Waals surface area (Å²) in [5, 5.41) is 5.96. The molecule has 0 radical (unpaired) electrons. The van der Waals surface area contributed by atoms with Gasteiger partial charge in [-0.05, 0) is 36.1 Å². The largest absolute Gasteiger partial charge is 0.497 e. The molecule has 2 aromatic rings. The van der Waals surface area contributed by atoms with Crippen molar-refractivity contribution in [2.75, 3.05) is 46.4 Å². The first-order chi connectivity index (χ1) is 15.1. The lowest BCUT2D eigenvalue weighted by Gasteiger charge is -2.34. The normalized spacial score (nSPS) is 14.2. The summed E-state index contributed by atoms with van der Waals surface area (Å²) < 4.78 is 5.16. The maximum atomic E-state index is 12.4. The molecule has 7 heteroatoms. The average Bonchev–Trinajstić information content (AvgIpc) is 2.82. The van der Waals surface area contributed by atoms with Crippen molar-refractivity contribution in [2.24, 2.45) is 0 Å². The number of amides is 3. The van der Waals surface area contributed by atoms with Gasteiger partial charge in [0.2, 0.25) is 5.91 Å². The fraction of sp³-hybridized carbons (Fsp3) is 0.417. The van der Waals surface area contributed by atoms with Crippen molar-refractivity contribution >= 4 is 11.9 Å². The number of benzene rings is 2. The van der Waals surface area contributed by atoms with E-state index >= 15 is 0 Å². The van der Waals surface area contributed by atoms with E-state index in [1.807, 2.05) is 47.4 Å². The minimum atomic E-state index is -0.0251. The van der Waals surface area contributed by atoms with Crippen LogP contribution in [0.5, 0.6) is 5.75 Å². The Balaban J connectivity index is 1.28. The summed E-state index contributed by atoms with van der Waals surface area (Å²) >= 11 is 0. The maximum Gasteiger partial charge on any atom is 0.317 e. The molecule has 0 unspecified atom stereocenters. The van der Waals surface area contributed by atoms with Crippen LogP contribution in [0.2, 0.25) is 0 Å². The Morgan fingerprint density at radius 1 is 0.903 bits per heavy atom. The number of hydrogen-bond donors (Lipinski definition) is 2. The zero-order valence-electron chi connectivity index (χ0n) is 18.2. The number of nitrogens with one attached hydrogen (secondary N) is 2. The van der Waals surface area contributed by atoms with Gasteiger partial charge in [0.1, 0.15) is 5.75 Å². The van der Waals surface area contributed by atoms with Crippen LogP contribution in [0.25, 0.3) is 0 Å². The number of carbonyl (C=O) groups is 2. The van der Waals surface area contributed by atoms with Crippen molar-refractivity contribution in [2.45, 2.75) is 19.4 Å². The zero-order chi connectivity index (χ0) is 21.9. The molecule has 0 aliphatic carbocycles. The molecule has 0 bridgehead atoms. The van der Waals surface area contributed by atoms with Gasteiger partial charge in [-0.1, -0.05) is 42.5 Å². The lowest BCUT2D eigenvalue weighted by molar-refractivity contribution is -0.122. The number of aryl methyl sites for hydroxylation is 1. The SMILES string of the molecule is COc1ccc(CCCNC(=O)N2CCN(CC(=O)NCc3ccccc3)CC2)cc1. The lowest BCUT2D eigenvalue weighted by atomic mass is 10.1. The van der Waals surface area contributed by atoms with Gasteiger partial charge >= 0.3 is 6.03 Å². The molecule has 1 aliphatic rings. The highest BCUT2D eigenvalue weighted by Crippen LogP contribution is 2.12. The van der Waals surface area contributed by atoms with Gasteiger partial charge in [-0.2, -0.15) is 0 Å². The fourth-order valence-electron chi connectivity index (χ4n) is 3.56. The molecular formula is C24H32N4O3. The first-order valence-electron chi connectivity index (χ1n) is 10.8. The van der Waals surface area contributed by atoms with Gasteiger partial charge < -0.3 is 20.3 Å². The van der Waals surface area contributed by atoms with Crippen LogP contribution >= 0.6 is 0 Å². The maximum absolute atomic E-state index is 12.4. The van der Waals surface area contributed by atoms with E-state index < -0.39 is 0 Å². The minimum Gasteiger partial charge on any atom is -0.497 e. The van der Waals surface area contributed by atoms with Gasteiger partial charge in [-0.15, -0.1) is 0 Å². The van der Waals surface area contributed by atoms with Gasteiger partial charge in [0, 0.05) is 39.3 Å². The van der Waals surface area contributed by atoms with Crippen LogP contribution in [0.15, 0.2) is 54.6 Å².